The van der Waals surface area contributed by atoms with Crippen LogP contribution in [-0.4, -0.2) is 5.78 Å². The van der Waals surface area contributed by atoms with E-state index in [9.17, 15) is 4.79 Å². The molecule has 0 spiro atoms. The first-order chi connectivity index (χ1) is 6.25. The van der Waals surface area contributed by atoms with Crippen molar-refractivity contribution in [3.8, 4) is 0 Å². The molecule has 2 unspecified atom stereocenters. The molecular formula is C12H20O. The molecule has 2 rings (SSSR count). The van der Waals surface area contributed by atoms with Crippen molar-refractivity contribution in [1.29, 1.82) is 0 Å². The average molecular weight is 180 g/mol. The lowest BCUT2D eigenvalue weighted by atomic mass is 9.97. The minimum absolute atomic E-state index is 0.439. The van der Waals surface area contributed by atoms with E-state index in [4.69, 9.17) is 0 Å². The van der Waals surface area contributed by atoms with Crippen LogP contribution in [0.2, 0.25) is 0 Å². The molecule has 0 saturated heterocycles. The summed E-state index contributed by atoms with van der Waals surface area (Å²) in [6.45, 7) is 2.27. The van der Waals surface area contributed by atoms with Crippen LogP contribution in [0.5, 0.6) is 0 Å². The highest BCUT2D eigenvalue weighted by Gasteiger charge is 2.28. The predicted octanol–water partition coefficient (Wildman–Crippen LogP) is 3.18. The van der Waals surface area contributed by atoms with E-state index in [1.165, 1.54) is 38.5 Å². The van der Waals surface area contributed by atoms with Crippen LogP contribution in [0.15, 0.2) is 0 Å². The number of carbonyl (C=O) groups is 1. The van der Waals surface area contributed by atoms with Gasteiger partial charge in [0.05, 0.1) is 0 Å². The molecule has 0 aromatic carbocycles. The van der Waals surface area contributed by atoms with Crippen molar-refractivity contribution < 1.29 is 4.79 Å². The molecule has 1 nitrogen and oxygen atoms in total. The Morgan fingerprint density at radius 1 is 1.23 bits per heavy atom. The van der Waals surface area contributed by atoms with Crippen LogP contribution >= 0.6 is 0 Å². The van der Waals surface area contributed by atoms with Gasteiger partial charge in [0.1, 0.15) is 5.78 Å². The van der Waals surface area contributed by atoms with Gasteiger partial charge in [-0.25, -0.2) is 0 Å². The van der Waals surface area contributed by atoms with Gasteiger partial charge in [-0.2, -0.15) is 0 Å². The zero-order chi connectivity index (χ0) is 9.26. The van der Waals surface area contributed by atoms with E-state index in [2.05, 4.69) is 6.92 Å². The average Bonchev–Trinajstić information content (AvgIpc) is 2.84. The van der Waals surface area contributed by atoms with Crippen molar-refractivity contribution >= 4 is 5.78 Å². The smallest absolute Gasteiger partial charge is 0.135 e. The van der Waals surface area contributed by atoms with Crippen LogP contribution in [0, 0.1) is 17.8 Å². The highest BCUT2D eigenvalue weighted by Crippen LogP contribution is 2.36. The van der Waals surface area contributed by atoms with E-state index in [-0.39, 0.29) is 0 Å². The summed E-state index contributed by atoms with van der Waals surface area (Å²) in [7, 11) is 0. The van der Waals surface area contributed by atoms with Crippen molar-refractivity contribution in [3.63, 3.8) is 0 Å². The summed E-state index contributed by atoms with van der Waals surface area (Å²) in [5.41, 5.74) is 0. The molecular weight excluding hydrogens is 160 g/mol. The van der Waals surface area contributed by atoms with Crippen LogP contribution < -0.4 is 0 Å². The van der Waals surface area contributed by atoms with Gasteiger partial charge in [0.15, 0.2) is 0 Å². The Labute approximate surface area is 80.9 Å². The standard InChI is InChI=1S/C12H20O/c1-9-2-6-11(8-9)12(13)7-5-10-3-4-10/h9-11H,2-8H2,1H3. The minimum atomic E-state index is 0.439. The van der Waals surface area contributed by atoms with Gasteiger partial charge in [0.2, 0.25) is 0 Å². The molecule has 0 radical (unpaired) electrons. The van der Waals surface area contributed by atoms with Crippen LogP contribution in [0.3, 0.4) is 0 Å². The Morgan fingerprint density at radius 3 is 2.54 bits per heavy atom. The molecule has 2 aliphatic rings. The molecule has 74 valence electrons. The molecule has 2 aliphatic carbocycles. The molecule has 0 heterocycles. The third-order valence-electron chi connectivity index (χ3n) is 3.65. The number of ketones is 1. The number of Topliss-reactive ketones (excluding diaryl/α,β-unsaturated/α-hetero) is 1. The fourth-order valence-corrected chi connectivity index (χ4v) is 2.46. The number of hydrogen-bond donors (Lipinski definition) is 0. The first-order valence-corrected chi connectivity index (χ1v) is 5.78. The maximum atomic E-state index is 11.7. The van der Waals surface area contributed by atoms with Crippen molar-refractivity contribution in [3.05, 3.63) is 0 Å². The van der Waals surface area contributed by atoms with E-state index in [1.807, 2.05) is 0 Å². The summed E-state index contributed by atoms with van der Waals surface area (Å²) in [6, 6.07) is 0. The lowest BCUT2D eigenvalue weighted by Crippen LogP contribution is -2.11. The lowest BCUT2D eigenvalue weighted by Gasteiger charge is -2.07. The Balaban J connectivity index is 1.69. The number of rotatable bonds is 4. The van der Waals surface area contributed by atoms with Gasteiger partial charge < -0.3 is 0 Å². The summed E-state index contributed by atoms with van der Waals surface area (Å²) < 4.78 is 0. The van der Waals surface area contributed by atoms with Crippen LogP contribution in [0.1, 0.15) is 51.9 Å². The van der Waals surface area contributed by atoms with E-state index in [0.29, 0.717) is 11.7 Å². The molecule has 0 bridgehead atoms. The van der Waals surface area contributed by atoms with Gasteiger partial charge in [0.25, 0.3) is 0 Å². The minimum Gasteiger partial charge on any atom is -0.299 e. The normalized spacial score (nSPS) is 33.6. The molecule has 0 aliphatic heterocycles. The molecule has 2 fully saturated rings. The zero-order valence-electron chi connectivity index (χ0n) is 8.59. The first kappa shape index (κ1) is 9.23. The third kappa shape index (κ3) is 2.55. The first-order valence-electron chi connectivity index (χ1n) is 5.78. The highest BCUT2D eigenvalue weighted by atomic mass is 16.1. The summed E-state index contributed by atoms with van der Waals surface area (Å²) in [5, 5.41) is 0. The molecule has 0 N–H and O–H groups in total. The van der Waals surface area contributed by atoms with Gasteiger partial charge in [-0.3, -0.25) is 4.79 Å². The number of hydrogen-bond acceptors (Lipinski definition) is 1. The largest absolute Gasteiger partial charge is 0.299 e. The Kier molecular flexibility index (Phi) is 2.71. The summed E-state index contributed by atoms with van der Waals surface area (Å²) in [6.07, 6.45) is 8.45. The molecule has 2 saturated carbocycles. The second kappa shape index (κ2) is 3.81. The van der Waals surface area contributed by atoms with Gasteiger partial charge >= 0.3 is 0 Å². The van der Waals surface area contributed by atoms with Crippen molar-refractivity contribution in [1.82, 2.24) is 0 Å². The van der Waals surface area contributed by atoms with Crippen LogP contribution in [0.25, 0.3) is 0 Å². The Morgan fingerprint density at radius 2 is 2.00 bits per heavy atom. The van der Waals surface area contributed by atoms with E-state index < -0.39 is 0 Å². The molecule has 0 amide bonds. The summed E-state index contributed by atoms with van der Waals surface area (Å²) in [5.74, 6) is 2.72. The molecule has 1 heteroatoms. The zero-order valence-corrected chi connectivity index (χ0v) is 8.59. The Bertz CT molecular complexity index is 193. The summed E-state index contributed by atoms with van der Waals surface area (Å²) in [4.78, 5) is 11.7. The Hall–Kier alpha value is -0.330. The monoisotopic (exact) mass is 180 g/mol. The second-order valence-corrected chi connectivity index (χ2v) is 5.06. The second-order valence-electron chi connectivity index (χ2n) is 5.06. The van der Waals surface area contributed by atoms with E-state index >= 15 is 0 Å². The summed E-state index contributed by atoms with van der Waals surface area (Å²) >= 11 is 0. The van der Waals surface area contributed by atoms with Gasteiger partial charge in [-0.1, -0.05) is 19.8 Å². The van der Waals surface area contributed by atoms with E-state index in [0.717, 1.165) is 18.3 Å². The quantitative estimate of drug-likeness (QED) is 0.649. The fourth-order valence-electron chi connectivity index (χ4n) is 2.46. The predicted molar refractivity (Wildman–Crippen MR) is 53.5 cm³/mol. The molecule has 0 aromatic heterocycles. The van der Waals surface area contributed by atoms with E-state index in [1.54, 1.807) is 0 Å². The third-order valence-corrected chi connectivity index (χ3v) is 3.65. The van der Waals surface area contributed by atoms with Crippen LogP contribution in [-0.2, 0) is 4.79 Å². The highest BCUT2D eigenvalue weighted by molar-refractivity contribution is 5.81. The fraction of sp³-hybridized carbons (Fsp3) is 0.917. The number of carbonyl (C=O) groups excluding carboxylic acids is 1. The molecule has 2 atom stereocenters. The van der Waals surface area contributed by atoms with Crippen molar-refractivity contribution in [2.75, 3.05) is 0 Å². The van der Waals surface area contributed by atoms with Gasteiger partial charge in [-0.15, -0.1) is 0 Å². The lowest BCUT2D eigenvalue weighted by molar-refractivity contribution is -0.122. The maximum Gasteiger partial charge on any atom is 0.135 e. The molecule has 0 aromatic rings. The topological polar surface area (TPSA) is 17.1 Å². The molecule has 13 heavy (non-hydrogen) atoms. The SMILES string of the molecule is CC1CCC(C(=O)CCC2CC2)C1. The maximum absolute atomic E-state index is 11.7. The van der Waals surface area contributed by atoms with Gasteiger partial charge in [0, 0.05) is 12.3 Å². The van der Waals surface area contributed by atoms with Crippen molar-refractivity contribution in [2.24, 2.45) is 17.8 Å². The van der Waals surface area contributed by atoms with Gasteiger partial charge in [-0.05, 0) is 37.5 Å². The van der Waals surface area contributed by atoms with Crippen LogP contribution in [0.4, 0.5) is 0 Å². The van der Waals surface area contributed by atoms with Crippen molar-refractivity contribution in [2.45, 2.75) is 51.9 Å².